The summed E-state index contributed by atoms with van der Waals surface area (Å²) in [5.41, 5.74) is 0. The van der Waals surface area contributed by atoms with E-state index in [0.717, 1.165) is 6.42 Å². The largest absolute Gasteiger partial charge is 0.480 e. The minimum Gasteiger partial charge on any atom is -0.480 e. The maximum Gasteiger partial charge on any atom is 0.323 e. The Balaban J connectivity index is 3.56. The van der Waals surface area contributed by atoms with Gasteiger partial charge >= 0.3 is 5.97 Å². The summed E-state index contributed by atoms with van der Waals surface area (Å²) in [5.74, 6) is -0.854. The van der Waals surface area contributed by atoms with Gasteiger partial charge in [0, 0.05) is 6.61 Å². The first-order chi connectivity index (χ1) is 5.72. The number of nitrogens with one attached hydrogen (secondary N) is 1. The summed E-state index contributed by atoms with van der Waals surface area (Å²) >= 11 is 0. The van der Waals surface area contributed by atoms with Gasteiger partial charge in [0.2, 0.25) is 0 Å². The van der Waals surface area contributed by atoms with Crippen LogP contribution in [0.3, 0.4) is 0 Å². The summed E-state index contributed by atoms with van der Waals surface area (Å²) in [7, 11) is 0. The molecular formula is C8H17NO3. The molecule has 4 heteroatoms. The predicted octanol–water partition coefficient (Wildman–Crippen LogP) is 0.476. The van der Waals surface area contributed by atoms with Crippen molar-refractivity contribution in [1.82, 2.24) is 5.32 Å². The van der Waals surface area contributed by atoms with Crippen molar-refractivity contribution in [3.05, 3.63) is 0 Å². The third kappa shape index (κ3) is 5.09. The topological polar surface area (TPSA) is 58.6 Å². The van der Waals surface area contributed by atoms with Crippen LogP contribution in [0, 0.1) is 0 Å². The third-order valence-electron chi connectivity index (χ3n) is 1.38. The van der Waals surface area contributed by atoms with Gasteiger partial charge in [-0.2, -0.15) is 0 Å². The van der Waals surface area contributed by atoms with Gasteiger partial charge in [0.15, 0.2) is 0 Å². The Bertz CT molecular complexity index is 127. The first-order valence-corrected chi connectivity index (χ1v) is 4.26. The molecule has 0 fully saturated rings. The first-order valence-electron chi connectivity index (χ1n) is 4.26. The Kier molecular flexibility index (Phi) is 6.70. The van der Waals surface area contributed by atoms with E-state index in [1.54, 1.807) is 0 Å². The van der Waals surface area contributed by atoms with Crippen LogP contribution in [0.5, 0.6) is 0 Å². The molecule has 0 aliphatic heterocycles. The highest BCUT2D eigenvalue weighted by molar-refractivity contribution is 5.73. The van der Waals surface area contributed by atoms with Crippen LogP contribution in [0.1, 0.15) is 20.3 Å². The molecule has 0 saturated heterocycles. The van der Waals surface area contributed by atoms with Gasteiger partial charge in [-0.3, -0.25) is 4.79 Å². The van der Waals surface area contributed by atoms with Gasteiger partial charge in [-0.15, -0.1) is 0 Å². The lowest BCUT2D eigenvalue weighted by atomic mass is 10.3. The van der Waals surface area contributed by atoms with Crippen LogP contribution in [0.4, 0.5) is 0 Å². The average molecular weight is 175 g/mol. The Labute approximate surface area is 72.9 Å². The Morgan fingerprint density at radius 3 is 2.67 bits per heavy atom. The molecular weight excluding hydrogens is 158 g/mol. The van der Waals surface area contributed by atoms with Crippen LogP contribution in [0.15, 0.2) is 0 Å². The van der Waals surface area contributed by atoms with E-state index in [9.17, 15) is 4.79 Å². The van der Waals surface area contributed by atoms with Gasteiger partial charge in [-0.1, -0.05) is 13.8 Å². The fourth-order valence-electron chi connectivity index (χ4n) is 0.809. The van der Waals surface area contributed by atoms with Gasteiger partial charge in [0.1, 0.15) is 6.04 Å². The number of hydrogen-bond donors (Lipinski definition) is 2. The molecule has 1 unspecified atom stereocenters. The van der Waals surface area contributed by atoms with Crippen molar-refractivity contribution in [3.8, 4) is 0 Å². The molecule has 72 valence electrons. The van der Waals surface area contributed by atoms with Gasteiger partial charge in [0.05, 0.1) is 6.61 Å². The molecule has 0 spiro atoms. The molecule has 0 rings (SSSR count). The molecule has 0 bridgehead atoms. The molecule has 1 atom stereocenters. The highest BCUT2D eigenvalue weighted by atomic mass is 16.5. The van der Waals surface area contributed by atoms with Crippen molar-refractivity contribution in [1.29, 1.82) is 0 Å². The highest BCUT2D eigenvalue weighted by Gasteiger charge is 2.14. The summed E-state index contributed by atoms with van der Waals surface area (Å²) in [6.45, 7) is 5.37. The number of carbonyl (C=O) groups is 1. The lowest BCUT2D eigenvalue weighted by molar-refractivity contribution is -0.141. The average Bonchev–Trinajstić information content (AvgIpc) is 2.03. The van der Waals surface area contributed by atoms with Crippen LogP contribution >= 0.6 is 0 Å². The summed E-state index contributed by atoms with van der Waals surface area (Å²) in [5, 5.41) is 11.5. The van der Waals surface area contributed by atoms with Crippen molar-refractivity contribution in [2.75, 3.05) is 19.8 Å². The normalized spacial score (nSPS) is 12.8. The van der Waals surface area contributed by atoms with Gasteiger partial charge in [-0.05, 0) is 13.0 Å². The maximum absolute atomic E-state index is 10.5. The molecule has 4 nitrogen and oxygen atoms in total. The Hall–Kier alpha value is -0.610. The van der Waals surface area contributed by atoms with E-state index in [-0.39, 0.29) is 6.61 Å². The van der Waals surface area contributed by atoms with E-state index < -0.39 is 12.0 Å². The van der Waals surface area contributed by atoms with E-state index in [1.807, 2.05) is 13.8 Å². The van der Waals surface area contributed by atoms with E-state index in [1.165, 1.54) is 0 Å². The molecule has 0 amide bonds. The smallest absolute Gasteiger partial charge is 0.323 e. The number of ether oxygens (including phenoxy) is 1. The quantitative estimate of drug-likeness (QED) is 0.552. The van der Waals surface area contributed by atoms with E-state index in [2.05, 4.69) is 5.32 Å². The minimum atomic E-state index is -0.854. The second-order valence-corrected chi connectivity index (χ2v) is 2.52. The second-order valence-electron chi connectivity index (χ2n) is 2.52. The Morgan fingerprint density at radius 1 is 1.58 bits per heavy atom. The molecule has 0 aromatic carbocycles. The lowest BCUT2D eigenvalue weighted by Gasteiger charge is -2.12. The van der Waals surface area contributed by atoms with Gasteiger partial charge in [-0.25, -0.2) is 0 Å². The van der Waals surface area contributed by atoms with Crippen molar-refractivity contribution in [2.24, 2.45) is 0 Å². The molecule has 0 aliphatic carbocycles. The molecule has 12 heavy (non-hydrogen) atoms. The molecule has 0 aliphatic rings. The molecule has 0 aromatic rings. The fourth-order valence-corrected chi connectivity index (χ4v) is 0.809. The number of carboxylic acid groups (broad SMARTS) is 1. The predicted molar refractivity (Wildman–Crippen MR) is 46.2 cm³/mol. The second kappa shape index (κ2) is 7.06. The van der Waals surface area contributed by atoms with Gasteiger partial charge < -0.3 is 15.2 Å². The zero-order valence-corrected chi connectivity index (χ0v) is 7.67. The molecule has 2 N–H and O–H groups in total. The fraction of sp³-hybridized carbons (Fsp3) is 0.875. The van der Waals surface area contributed by atoms with Crippen LogP contribution in [-0.2, 0) is 9.53 Å². The van der Waals surface area contributed by atoms with Crippen LogP contribution in [0.25, 0.3) is 0 Å². The molecule has 0 aromatic heterocycles. The number of rotatable bonds is 7. The Morgan fingerprint density at radius 2 is 2.25 bits per heavy atom. The summed E-state index contributed by atoms with van der Waals surface area (Å²) < 4.78 is 5.12. The third-order valence-corrected chi connectivity index (χ3v) is 1.38. The monoisotopic (exact) mass is 175 g/mol. The maximum atomic E-state index is 10.5. The molecule has 0 saturated carbocycles. The van der Waals surface area contributed by atoms with Crippen LogP contribution < -0.4 is 5.32 Å². The lowest BCUT2D eigenvalue weighted by Crippen LogP contribution is -2.40. The summed E-state index contributed by atoms with van der Waals surface area (Å²) in [6.07, 6.45) is 0.915. The zero-order valence-electron chi connectivity index (χ0n) is 7.67. The number of aliphatic carboxylic acids is 1. The molecule has 0 radical (unpaired) electrons. The SMILES string of the molecule is CCCOCC(NCC)C(=O)O. The summed E-state index contributed by atoms with van der Waals surface area (Å²) in [4.78, 5) is 10.5. The van der Waals surface area contributed by atoms with Crippen LogP contribution in [-0.4, -0.2) is 36.9 Å². The number of hydrogen-bond acceptors (Lipinski definition) is 3. The molecule has 0 heterocycles. The van der Waals surface area contributed by atoms with Gasteiger partial charge in [0.25, 0.3) is 0 Å². The van der Waals surface area contributed by atoms with Crippen molar-refractivity contribution in [2.45, 2.75) is 26.3 Å². The van der Waals surface area contributed by atoms with Crippen molar-refractivity contribution < 1.29 is 14.6 Å². The first kappa shape index (κ1) is 11.4. The van der Waals surface area contributed by atoms with Crippen LogP contribution in [0.2, 0.25) is 0 Å². The highest BCUT2D eigenvalue weighted by Crippen LogP contribution is 1.88. The van der Waals surface area contributed by atoms with E-state index in [0.29, 0.717) is 13.2 Å². The van der Waals surface area contributed by atoms with Crippen molar-refractivity contribution in [3.63, 3.8) is 0 Å². The standard InChI is InChI=1S/C8H17NO3/c1-3-5-12-6-7(8(10)11)9-4-2/h7,9H,3-6H2,1-2H3,(H,10,11). The minimum absolute atomic E-state index is 0.247. The van der Waals surface area contributed by atoms with E-state index >= 15 is 0 Å². The number of likely N-dealkylation sites (N-methyl/N-ethyl adjacent to an activating group) is 1. The van der Waals surface area contributed by atoms with Crippen molar-refractivity contribution >= 4 is 5.97 Å². The van der Waals surface area contributed by atoms with E-state index in [4.69, 9.17) is 9.84 Å². The number of carboxylic acids is 1. The summed E-state index contributed by atoms with van der Waals surface area (Å²) in [6, 6.07) is -0.568. The zero-order chi connectivity index (χ0) is 9.40.